The van der Waals surface area contributed by atoms with Crippen molar-refractivity contribution < 1.29 is 9.18 Å². The van der Waals surface area contributed by atoms with Gasteiger partial charge in [-0.3, -0.25) is 9.69 Å². The Labute approximate surface area is 147 Å². The van der Waals surface area contributed by atoms with Crippen LogP contribution in [0.4, 0.5) is 4.39 Å². The highest BCUT2D eigenvalue weighted by Gasteiger charge is 2.21. The quantitative estimate of drug-likeness (QED) is 0.849. The Bertz CT molecular complexity index is 673. The SMILES string of the molecule is CC(NC(=O)C(C)N(C)Cc1c(F)cccc1Cl)c1ccccc1. The molecule has 0 saturated heterocycles. The Kier molecular flexibility index (Phi) is 6.35. The molecule has 2 atom stereocenters. The molecule has 0 saturated carbocycles. The van der Waals surface area contributed by atoms with Gasteiger partial charge in [-0.2, -0.15) is 0 Å². The second kappa shape index (κ2) is 8.27. The van der Waals surface area contributed by atoms with E-state index in [9.17, 15) is 9.18 Å². The maximum absolute atomic E-state index is 13.9. The molecule has 0 aliphatic heterocycles. The molecule has 0 fully saturated rings. The number of hydrogen-bond acceptors (Lipinski definition) is 2. The minimum Gasteiger partial charge on any atom is -0.348 e. The van der Waals surface area contributed by atoms with Gasteiger partial charge in [0, 0.05) is 17.1 Å². The fourth-order valence-corrected chi connectivity index (χ4v) is 2.65. The van der Waals surface area contributed by atoms with E-state index in [0.717, 1.165) is 5.56 Å². The van der Waals surface area contributed by atoms with E-state index in [1.165, 1.54) is 6.07 Å². The van der Waals surface area contributed by atoms with Crippen LogP contribution in [-0.2, 0) is 11.3 Å². The van der Waals surface area contributed by atoms with Crippen LogP contribution in [0.5, 0.6) is 0 Å². The lowest BCUT2D eigenvalue weighted by Crippen LogP contribution is -2.43. The van der Waals surface area contributed by atoms with Crippen LogP contribution in [0.1, 0.15) is 31.0 Å². The zero-order chi connectivity index (χ0) is 17.7. The number of amides is 1. The molecule has 0 heterocycles. The van der Waals surface area contributed by atoms with Crippen LogP contribution in [0, 0.1) is 5.82 Å². The molecule has 0 aliphatic rings. The van der Waals surface area contributed by atoms with Gasteiger partial charge in [-0.1, -0.05) is 48.0 Å². The lowest BCUT2D eigenvalue weighted by atomic mass is 10.1. The van der Waals surface area contributed by atoms with Gasteiger partial charge in [0.15, 0.2) is 0 Å². The van der Waals surface area contributed by atoms with E-state index in [1.54, 1.807) is 31.0 Å². The van der Waals surface area contributed by atoms with Gasteiger partial charge >= 0.3 is 0 Å². The molecule has 128 valence electrons. The van der Waals surface area contributed by atoms with E-state index in [0.29, 0.717) is 10.6 Å². The maximum Gasteiger partial charge on any atom is 0.237 e. The van der Waals surface area contributed by atoms with E-state index in [2.05, 4.69) is 5.32 Å². The molecule has 0 spiro atoms. The van der Waals surface area contributed by atoms with E-state index in [1.807, 2.05) is 37.3 Å². The minimum atomic E-state index is -0.410. The molecule has 2 aromatic rings. The summed E-state index contributed by atoms with van der Waals surface area (Å²) in [5.41, 5.74) is 1.44. The summed E-state index contributed by atoms with van der Waals surface area (Å²) in [7, 11) is 1.78. The van der Waals surface area contributed by atoms with Crippen LogP contribution in [0.15, 0.2) is 48.5 Å². The number of benzene rings is 2. The Balaban J connectivity index is 1.99. The van der Waals surface area contributed by atoms with E-state index in [4.69, 9.17) is 11.6 Å². The summed E-state index contributed by atoms with van der Waals surface area (Å²) in [4.78, 5) is 14.2. The van der Waals surface area contributed by atoms with Gasteiger partial charge in [-0.05, 0) is 38.6 Å². The summed E-state index contributed by atoms with van der Waals surface area (Å²) < 4.78 is 13.9. The first-order valence-electron chi connectivity index (χ1n) is 7.88. The van der Waals surface area contributed by atoms with Gasteiger partial charge in [0.2, 0.25) is 5.91 Å². The highest BCUT2D eigenvalue weighted by molar-refractivity contribution is 6.31. The van der Waals surface area contributed by atoms with E-state index in [-0.39, 0.29) is 24.3 Å². The van der Waals surface area contributed by atoms with Crippen molar-refractivity contribution >= 4 is 17.5 Å². The molecule has 0 bridgehead atoms. The largest absolute Gasteiger partial charge is 0.348 e. The topological polar surface area (TPSA) is 32.3 Å². The maximum atomic E-state index is 13.9. The number of carbonyl (C=O) groups is 1. The Morgan fingerprint density at radius 1 is 1.17 bits per heavy atom. The number of likely N-dealkylation sites (N-methyl/N-ethyl adjacent to an activating group) is 1. The van der Waals surface area contributed by atoms with Crippen LogP contribution in [-0.4, -0.2) is 23.9 Å². The third-order valence-electron chi connectivity index (χ3n) is 4.17. The highest BCUT2D eigenvalue weighted by atomic mass is 35.5. The third-order valence-corrected chi connectivity index (χ3v) is 4.52. The van der Waals surface area contributed by atoms with Gasteiger partial charge < -0.3 is 5.32 Å². The Morgan fingerprint density at radius 3 is 2.46 bits per heavy atom. The summed E-state index contributed by atoms with van der Waals surface area (Å²) in [6, 6.07) is 13.8. The van der Waals surface area contributed by atoms with Crippen molar-refractivity contribution in [2.45, 2.75) is 32.5 Å². The molecule has 2 aromatic carbocycles. The molecule has 0 radical (unpaired) electrons. The molecule has 0 aromatic heterocycles. The number of hydrogen-bond donors (Lipinski definition) is 1. The monoisotopic (exact) mass is 348 g/mol. The molecule has 0 aliphatic carbocycles. The van der Waals surface area contributed by atoms with Crippen molar-refractivity contribution in [1.29, 1.82) is 0 Å². The van der Waals surface area contributed by atoms with Crippen LogP contribution >= 0.6 is 11.6 Å². The normalized spacial score (nSPS) is 13.6. The average molecular weight is 349 g/mol. The molecule has 1 amide bonds. The van der Waals surface area contributed by atoms with Crippen molar-refractivity contribution in [2.75, 3.05) is 7.05 Å². The first-order valence-corrected chi connectivity index (χ1v) is 8.26. The molecule has 3 nitrogen and oxygen atoms in total. The summed E-state index contributed by atoms with van der Waals surface area (Å²) in [6.07, 6.45) is 0. The van der Waals surface area contributed by atoms with Crippen molar-refractivity contribution in [3.8, 4) is 0 Å². The molecular formula is C19H22ClFN2O. The Morgan fingerprint density at radius 2 is 1.83 bits per heavy atom. The predicted octanol–water partition coefficient (Wildman–Crippen LogP) is 4.18. The first kappa shape index (κ1) is 18.4. The zero-order valence-corrected chi connectivity index (χ0v) is 14.8. The van der Waals surface area contributed by atoms with Crippen LogP contribution < -0.4 is 5.32 Å². The number of nitrogens with zero attached hydrogens (tertiary/aromatic N) is 1. The molecule has 24 heavy (non-hydrogen) atoms. The van der Waals surface area contributed by atoms with Crippen molar-refractivity contribution in [3.05, 3.63) is 70.5 Å². The fraction of sp³-hybridized carbons (Fsp3) is 0.316. The van der Waals surface area contributed by atoms with E-state index >= 15 is 0 Å². The molecular weight excluding hydrogens is 327 g/mol. The van der Waals surface area contributed by atoms with Crippen LogP contribution in [0.2, 0.25) is 5.02 Å². The lowest BCUT2D eigenvalue weighted by Gasteiger charge is -2.26. The standard InChI is InChI=1S/C19H22ClFN2O/c1-13(15-8-5-4-6-9-15)22-19(24)14(2)23(3)12-16-17(20)10-7-11-18(16)21/h4-11,13-14H,12H2,1-3H3,(H,22,24). The van der Waals surface area contributed by atoms with Crippen molar-refractivity contribution in [3.63, 3.8) is 0 Å². The number of rotatable bonds is 6. The summed E-state index contributed by atoms with van der Waals surface area (Å²) in [5, 5.41) is 3.35. The smallest absolute Gasteiger partial charge is 0.237 e. The third kappa shape index (κ3) is 4.56. The Hall–Kier alpha value is -1.91. The predicted molar refractivity (Wildman–Crippen MR) is 95.3 cm³/mol. The van der Waals surface area contributed by atoms with Crippen molar-refractivity contribution in [2.24, 2.45) is 0 Å². The second-order valence-electron chi connectivity index (χ2n) is 5.93. The molecule has 2 rings (SSSR count). The fourth-order valence-electron chi connectivity index (χ4n) is 2.43. The minimum absolute atomic E-state index is 0.0911. The summed E-state index contributed by atoms with van der Waals surface area (Å²) >= 11 is 6.06. The average Bonchev–Trinajstić information content (AvgIpc) is 2.58. The number of nitrogens with one attached hydrogen (secondary N) is 1. The second-order valence-corrected chi connectivity index (χ2v) is 6.34. The summed E-state index contributed by atoms with van der Waals surface area (Å²) in [6.45, 7) is 4.00. The highest BCUT2D eigenvalue weighted by Crippen LogP contribution is 2.21. The van der Waals surface area contributed by atoms with Gasteiger partial charge in [-0.25, -0.2) is 4.39 Å². The number of carbonyl (C=O) groups excluding carboxylic acids is 1. The summed E-state index contributed by atoms with van der Waals surface area (Å²) in [5.74, 6) is -0.471. The van der Waals surface area contributed by atoms with Crippen LogP contribution in [0.3, 0.4) is 0 Å². The first-order chi connectivity index (χ1) is 11.4. The van der Waals surface area contributed by atoms with Gasteiger partial charge in [0.1, 0.15) is 5.82 Å². The van der Waals surface area contributed by atoms with E-state index < -0.39 is 6.04 Å². The van der Waals surface area contributed by atoms with Gasteiger partial charge in [0.05, 0.1) is 12.1 Å². The van der Waals surface area contributed by atoms with Crippen LogP contribution in [0.25, 0.3) is 0 Å². The molecule has 5 heteroatoms. The zero-order valence-electron chi connectivity index (χ0n) is 14.1. The lowest BCUT2D eigenvalue weighted by molar-refractivity contribution is -0.126. The van der Waals surface area contributed by atoms with Crippen molar-refractivity contribution in [1.82, 2.24) is 10.2 Å². The van der Waals surface area contributed by atoms with Gasteiger partial charge in [0.25, 0.3) is 0 Å². The number of halogens is 2. The molecule has 2 unspecified atom stereocenters. The van der Waals surface area contributed by atoms with Gasteiger partial charge in [-0.15, -0.1) is 0 Å². The molecule has 1 N–H and O–H groups in total.